The number of likely N-dealkylation sites (tertiary alicyclic amines) is 1. The first-order valence-corrected chi connectivity index (χ1v) is 11.9. The molecule has 0 saturated carbocycles. The Kier molecular flexibility index (Phi) is 6.28. The van der Waals surface area contributed by atoms with Gasteiger partial charge >= 0.3 is 0 Å². The van der Waals surface area contributed by atoms with Crippen molar-refractivity contribution >= 4 is 22.5 Å². The highest BCUT2D eigenvalue weighted by Crippen LogP contribution is 2.34. The zero-order valence-corrected chi connectivity index (χ0v) is 20.1. The number of nitriles is 1. The summed E-state index contributed by atoms with van der Waals surface area (Å²) >= 11 is 0. The number of amides is 1. The molecule has 0 radical (unpaired) electrons. The van der Waals surface area contributed by atoms with E-state index in [1.807, 2.05) is 31.2 Å². The summed E-state index contributed by atoms with van der Waals surface area (Å²) in [6.07, 6.45) is 2.32. The summed E-state index contributed by atoms with van der Waals surface area (Å²) in [6, 6.07) is 20.2. The third-order valence-electron chi connectivity index (χ3n) is 6.60. The van der Waals surface area contributed by atoms with E-state index in [0.29, 0.717) is 30.8 Å². The summed E-state index contributed by atoms with van der Waals surface area (Å²) in [7, 11) is 0. The van der Waals surface area contributed by atoms with Crippen LogP contribution in [0, 0.1) is 11.3 Å². The number of nitrogens with two attached hydrogens (primary N) is 1. The fraction of sp³-hybridized carbons (Fsp3) is 0.207. The van der Waals surface area contributed by atoms with Gasteiger partial charge in [-0.2, -0.15) is 5.26 Å². The lowest BCUT2D eigenvalue weighted by Gasteiger charge is -2.17. The monoisotopic (exact) mass is 477 g/mol. The van der Waals surface area contributed by atoms with Gasteiger partial charge in [-0.25, -0.2) is 4.98 Å². The summed E-state index contributed by atoms with van der Waals surface area (Å²) in [5.41, 5.74) is 12.7. The Morgan fingerprint density at radius 3 is 2.72 bits per heavy atom. The van der Waals surface area contributed by atoms with Crippen LogP contribution in [0.1, 0.15) is 24.5 Å². The van der Waals surface area contributed by atoms with Crippen LogP contribution in [-0.2, 0) is 4.79 Å². The molecule has 7 nitrogen and oxygen atoms in total. The van der Waals surface area contributed by atoms with Gasteiger partial charge in [0.15, 0.2) is 0 Å². The molecule has 1 amide bonds. The molecular formula is C29H27N5O2. The second-order valence-electron chi connectivity index (χ2n) is 9.06. The Morgan fingerprint density at radius 1 is 1.22 bits per heavy atom. The fourth-order valence-electron chi connectivity index (χ4n) is 4.62. The maximum absolute atomic E-state index is 11.9. The van der Waals surface area contributed by atoms with Crippen molar-refractivity contribution in [3.05, 3.63) is 78.5 Å². The van der Waals surface area contributed by atoms with E-state index in [2.05, 4.69) is 52.9 Å². The predicted octanol–water partition coefficient (Wildman–Crippen LogP) is 4.74. The number of nitrogens with one attached hydrogen (secondary N) is 1. The normalized spacial score (nSPS) is 15.1. The number of aromatic amines is 1. The number of nitrogens with zero attached hydrogens (tertiary/aromatic N) is 3. The zero-order valence-electron chi connectivity index (χ0n) is 20.1. The molecule has 2 aromatic heterocycles. The number of pyridine rings is 1. The molecule has 1 aliphatic rings. The molecule has 0 bridgehead atoms. The highest BCUT2D eigenvalue weighted by atomic mass is 16.5. The number of rotatable bonds is 6. The number of carbonyl (C=O) groups excluding carboxylic acids is 1. The van der Waals surface area contributed by atoms with E-state index in [9.17, 15) is 10.1 Å². The molecule has 0 unspecified atom stereocenters. The van der Waals surface area contributed by atoms with E-state index in [1.54, 1.807) is 11.1 Å². The topological polar surface area (TPSA) is 108 Å². The first-order valence-electron chi connectivity index (χ1n) is 11.9. The molecule has 1 aliphatic heterocycles. The number of aromatic nitrogens is 2. The molecule has 0 aliphatic carbocycles. The third-order valence-corrected chi connectivity index (χ3v) is 6.60. The molecule has 5 rings (SSSR count). The number of fused-ring (bicyclic) bond motifs is 1. The number of allylic oxidation sites excluding steroid dienone is 1. The van der Waals surface area contributed by atoms with Crippen molar-refractivity contribution < 1.29 is 9.53 Å². The quantitative estimate of drug-likeness (QED) is 0.417. The minimum atomic E-state index is -0.158. The number of carbonyl (C=O) groups is 1. The van der Waals surface area contributed by atoms with Crippen LogP contribution in [-0.4, -0.2) is 46.5 Å². The van der Waals surface area contributed by atoms with Crippen LogP contribution < -0.4 is 10.5 Å². The van der Waals surface area contributed by atoms with Gasteiger partial charge in [0.25, 0.3) is 0 Å². The molecular weight excluding hydrogens is 450 g/mol. The molecule has 1 fully saturated rings. The van der Waals surface area contributed by atoms with E-state index in [1.165, 1.54) is 0 Å². The average Bonchev–Trinajstić information content (AvgIpc) is 3.56. The summed E-state index contributed by atoms with van der Waals surface area (Å²) in [4.78, 5) is 21.5. The van der Waals surface area contributed by atoms with E-state index < -0.39 is 0 Å². The van der Waals surface area contributed by atoms with E-state index in [-0.39, 0.29) is 18.6 Å². The van der Waals surface area contributed by atoms with Gasteiger partial charge in [-0.15, -0.1) is 0 Å². The molecule has 3 N–H and O–H groups in total. The van der Waals surface area contributed by atoms with Crippen LogP contribution in [0.15, 0.2) is 67.4 Å². The Bertz CT molecular complexity index is 1500. The van der Waals surface area contributed by atoms with Crippen molar-refractivity contribution in [3.63, 3.8) is 0 Å². The molecule has 0 spiro atoms. The Balaban J connectivity index is 1.43. The number of hydrogen-bond donors (Lipinski definition) is 2. The van der Waals surface area contributed by atoms with Gasteiger partial charge in [0, 0.05) is 30.2 Å². The predicted molar refractivity (Wildman–Crippen MR) is 141 cm³/mol. The van der Waals surface area contributed by atoms with Crippen molar-refractivity contribution in [2.45, 2.75) is 19.4 Å². The fourth-order valence-corrected chi connectivity index (χ4v) is 4.62. The number of ether oxygens (including phenoxy) is 1. The first-order chi connectivity index (χ1) is 17.5. The summed E-state index contributed by atoms with van der Waals surface area (Å²) in [6.45, 7) is 7.08. The Hall–Kier alpha value is -4.41. The van der Waals surface area contributed by atoms with E-state index in [4.69, 9.17) is 10.5 Å². The largest absolute Gasteiger partial charge is 0.487 e. The van der Waals surface area contributed by atoms with Crippen LogP contribution >= 0.6 is 0 Å². The minimum Gasteiger partial charge on any atom is -0.487 e. The molecule has 4 aromatic rings. The van der Waals surface area contributed by atoms with Crippen LogP contribution in [0.3, 0.4) is 0 Å². The van der Waals surface area contributed by atoms with E-state index >= 15 is 0 Å². The average molecular weight is 478 g/mol. The van der Waals surface area contributed by atoms with Gasteiger partial charge in [-0.05, 0) is 53.4 Å². The smallest absolute Gasteiger partial charge is 0.236 e. The van der Waals surface area contributed by atoms with Gasteiger partial charge < -0.3 is 20.4 Å². The summed E-state index contributed by atoms with van der Waals surface area (Å²) in [5.74, 6) is 0.433. The maximum Gasteiger partial charge on any atom is 0.236 e. The maximum atomic E-state index is 11.9. The van der Waals surface area contributed by atoms with Crippen molar-refractivity contribution in [2.24, 2.45) is 5.73 Å². The van der Waals surface area contributed by atoms with Gasteiger partial charge in [0.1, 0.15) is 23.6 Å². The standard InChI is InChI=1S/C29H27N5O2/c1-18(2)19-3-5-20(6-4-19)26-14-25-24(9-11-32-29(25)33-26)21-7-8-27(22(13-21)15-30)36-23-10-12-34(17-23)28(35)16-31/h3-9,11,13-14,23H,1,10,12,16-17,31H2,2H3,(H,32,33)/t23-/m1/s1. The zero-order chi connectivity index (χ0) is 25.2. The van der Waals surface area contributed by atoms with Gasteiger partial charge in [0.05, 0.1) is 18.7 Å². The summed E-state index contributed by atoms with van der Waals surface area (Å²) in [5, 5.41) is 10.8. The highest BCUT2D eigenvalue weighted by molar-refractivity contribution is 5.96. The first kappa shape index (κ1) is 23.3. The van der Waals surface area contributed by atoms with Crippen molar-refractivity contribution in [1.29, 1.82) is 5.26 Å². The molecule has 2 aromatic carbocycles. The number of hydrogen-bond acceptors (Lipinski definition) is 5. The van der Waals surface area contributed by atoms with Gasteiger partial charge in [-0.3, -0.25) is 4.79 Å². The number of H-pyrrole nitrogens is 1. The Morgan fingerprint density at radius 2 is 2.00 bits per heavy atom. The summed E-state index contributed by atoms with van der Waals surface area (Å²) < 4.78 is 6.11. The SMILES string of the molecule is C=C(C)c1ccc(-c2cc3c(-c4ccc(O[C@@H]5CCN(C(=O)CN)C5)c(C#N)c4)ccnc3[nH]2)cc1. The number of benzene rings is 2. The van der Waals surface area contributed by atoms with Crippen molar-refractivity contribution in [3.8, 4) is 34.2 Å². The second kappa shape index (κ2) is 9.68. The molecule has 1 atom stereocenters. The molecule has 1 saturated heterocycles. The lowest BCUT2D eigenvalue weighted by atomic mass is 10.0. The lowest BCUT2D eigenvalue weighted by Crippen LogP contribution is -2.35. The van der Waals surface area contributed by atoms with Crippen LogP contribution in [0.4, 0.5) is 0 Å². The van der Waals surface area contributed by atoms with Crippen LogP contribution in [0.2, 0.25) is 0 Å². The molecule has 3 heterocycles. The Labute approximate surface area is 209 Å². The van der Waals surface area contributed by atoms with Gasteiger partial charge in [-0.1, -0.05) is 42.5 Å². The second-order valence-corrected chi connectivity index (χ2v) is 9.06. The van der Waals surface area contributed by atoms with Crippen molar-refractivity contribution in [2.75, 3.05) is 19.6 Å². The van der Waals surface area contributed by atoms with Crippen molar-refractivity contribution in [1.82, 2.24) is 14.9 Å². The molecule has 36 heavy (non-hydrogen) atoms. The van der Waals surface area contributed by atoms with Gasteiger partial charge in [0.2, 0.25) is 5.91 Å². The molecule has 7 heteroatoms. The van der Waals surface area contributed by atoms with Crippen LogP contribution in [0.25, 0.3) is 39.0 Å². The third kappa shape index (κ3) is 4.47. The van der Waals surface area contributed by atoms with E-state index in [0.717, 1.165) is 44.6 Å². The molecule has 180 valence electrons. The minimum absolute atomic E-state index is 0.00800. The highest BCUT2D eigenvalue weighted by Gasteiger charge is 2.27. The lowest BCUT2D eigenvalue weighted by molar-refractivity contribution is -0.128. The van der Waals surface area contributed by atoms with Crippen LogP contribution in [0.5, 0.6) is 5.75 Å².